The molecule has 5 rings (SSSR count). The number of likely N-dealkylation sites (tertiary alicyclic amines) is 1. The number of methoxy groups -OCH3 is 1. The van der Waals surface area contributed by atoms with E-state index in [2.05, 4.69) is 5.32 Å². The second-order valence-corrected chi connectivity index (χ2v) is 7.54. The predicted octanol–water partition coefficient (Wildman–Crippen LogP) is 1.98. The Balaban J connectivity index is 1.31. The zero-order valence-corrected chi connectivity index (χ0v) is 16.5. The molecule has 2 aromatic rings. The first kappa shape index (κ1) is 18.5. The molecular formula is C22H21N3O5. The number of carbonyl (C=O) groups excluding carboxylic acids is 2. The molecule has 2 amide bonds. The molecule has 0 aliphatic carbocycles. The standard InChI is InChI=1S/C22H21N3O5/c1-28-16-4-2-3-14(11-16)19-20(26)24-22(23-19)7-9-25(10-8-22)21(27)15-5-6-17-18(12-15)30-13-29-17/h2-6,11-12H,7-10,13H2,1H3,(H,24,26). The molecule has 0 radical (unpaired) electrons. The summed E-state index contributed by atoms with van der Waals surface area (Å²) in [5.74, 6) is 1.65. The quantitative estimate of drug-likeness (QED) is 0.840. The van der Waals surface area contributed by atoms with Crippen molar-refractivity contribution in [2.45, 2.75) is 18.5 Å². The molecule has 1 spiro atoms. The van der Waals surface area contributed by atoms with E-state index in [1.165, 1.54) is 0 Å². The van der Waals surface area contributed by atoms with E-state index in [1.807, 2.05) is 18.2 Å². The van der Waals surface area contributed by atoms with Crippen molar-refractivity contribution in [2.75, 3.05) is 27.0 Å². The highest BCUT2D eigenvalue weighted by molar-refractivity contribution is 6.46. The number of nitrogens with zero attached hydrogens (tertiary/aromatic N) is 2. The smallest absolute Gasteiger partial charge is 0.272 e. The van der Waals surface area contributed by atoms with Crippen molar-refractivity contribution in [1.29, 1.82) is 0 Å². The van der Waals surface area contributed by atoms with Gasteiger partial charge in [0.15, 0.2) is 11.5 Å². The minimum atomic E-state index is -0.666. The van der Waals surface area contributed by atoms with E-state index in [0.29, 0.717) is 54.5 Å². The summed E-state index contributed by atoms with van der Waals surface area (Å²) in [6.45, 7) is 1.18. The van der Waals surface area contributed by atoms with Crippen molar-refractivity contribution >= 4 is 17.5 Å². The van der Waals surface area contributed by atoms with E-state index >= 15 is 0 Å². The van der Waals surface area contributed by atoms with Gasteiger partial charge in [0.1, 0.15) is 17.1 Å². The SMILES string of the molecule is COc1cccc(C2=NC3(CCN(C(=O)c4ccc5c(c4)OCO5)CC3)NC2=O)c1. The Morgan fingerprint density at radius 1 is 1.13 bits per heavy atom. The van der Waals surface area contributed by atoms with Gasteiger partial charge in [-0.2, -0.15) is 0 Å². The van der Waals surface area contributed by atoms with E-state index in [0.717, 1.165) is 5.56 Å². The number of amides is 2. The van der Waals surface area contributed by atoms with Crippen molar-refractivity contribution in [3.05, 3.63) is 53.6 Å². The summed E-state index contributed by atoms with van der Waals surface area (Å²) in [5, 5.41) is 3.03. The third-order valence-corrected chi connectivity index (χ3v) is 5.73. The van der Waals surface area contributed by atoms with E-state index in [-0.39, 0.29) is 18.6 Å². The van der Waals surface area contributed by atoms with Gasteiger partial charge in [-0.25, -0.2) is 0 Å². The summed E-state index contributed by atoms with van der Waals surface area (Å²) in [6, 6.07) is 12.5. The highest BCUT2D eigenvalue weighted by Gasteiger charge is 2.43. The van der Waals surface area contributed by atoms with Gasteiger partial charge < -0.3 is 24.4 Å². The van der Waals surface area contributed by atoms with Crippen molar-refractivity contribution in [3.8, 4) is 17.2 Å². The fourth-order valence-electron chi connectivity index (χ4n) is 4.06. The maximum Gasteiger partial charge on any atom is 0.272 e. The summed E-state index contributed by atoms with van der Waals surface area (Å²) >= 11 is 0. The lowest BCUT2D eigenvalue weighted by molar-refractivity contribution is -0.115. The van der Waals surface area contributed by atoms with E-state index in [1.54, 1.807) is 36.3 Å². The van der Waals surface area contributed by atoms with Crippen molar-refractivity contribution < 1.29 is 23.8 Å². The first-order chi connectivity index (χ1) is 14.6. The lowest BCUT2D eigenvalue weighted by Crippen LogP contribution is -2.52. The number of carbonyl (C=O) groups is 2. The highest BCUT2D eigenvalue weighted by Crippen LogP contribution is 2.34. The minimum Gasteiger partial charge on any atom is -0.497 e. The van der Waals surface area contributed by atoms with Gasteiger partial charge in [-0.05, 0) is 30.3 Å². The Hall–Kier alpha value is -3.55. The Labute approximate surface area is 173 Å². The lowest BCUT2D eigenvalue weighted by Gasteiger charge is -2.37. The van der Waals surface area contributed by atoms with Crippen LogP contribution < -0.4 is 19.5 Å². The van der Waals surface area contributed by atoms with Crippen LogP contribution in [0.3, 0.4) is 0 Å². The van der Waals surface area contributed by atoms with Crippen LogP contribution in [0.2, 0.25) is 0 Å². The molecule has 0 unspecified atom stereocenters. The molecule has 154 valence electrons. The number of hydrogen-bond donors (Lipinski definition) is 1. The van der Waals surface area contributed by atoms with Crippen LogP contribution in [0.25, 0.3) is 0 Å². The first-order valence-corrected chi connectivity index (χ1v) is 9.83. The molecule has 3 aliphatic heterocycles. The van der Waals surface area contributed by atoms with Crippen LogP contribution in [0.5, 0.6) is 17.2 Å². The number of hydrogen-bond acceptors (Lipinski definition) is 6. The summed E-state index contributed by atoms with van der Waals surface area (Å²) in [6.07, 6.45) is 1.12. The first-order valence-electron chi connectivity index (χ1n) is 9.83. The fraction of sp³-hybridized carbons (Fsp3) is 0.318. The number of piperidine rings is 1. The Kier molecular flexibility index (Phi) is 4.34. The Morgan fingerprint density at radius 3 is 2.73 bits per heavy atom. The highest BCUT2D eigenvalue weighted by atomic mass is 16.7. The van der Waals surface area contributed by atoms with Crippen LogP contribution in [-0.4, -0.2) is 55.1 Å². The van der Waals surface area contributed by atoms with Gasteiger partial charge in [0.25, 0.3) is 11.8 Å². The van der Waals surface area contributed by atoms with Crippen LogP contribution in [-0.2, 0) is 4.79 Å². The van der Waals surface area contributed by atoms with Crippen molar-refractivity contribution in [2.24, 2.45) is 4.99 Å². The van der Waals surface area contributed by atoms with Gasteiger partial charge in [0.2, 0.25) is 6.79 Å². The van der Waals surface area contributed by atoms with Crippen LogP contribution in [0.4, 0.5) is 0 Å². The maximum absolute atomic E-state index is 12.9. The Bertz CT molecular complexity index is 1060. The van der Waals surface area contributed by atoms with Crippen LogP contribution in [0.1, 0.15) is 28.8 Å². The van der Waals surface area contributed by atoms with E-state index in [9.17, 15) is 9.59 Å². The molecule has 1 N–H and O–H groups in total. The summed E-state index contributed by atoms with van der Waals surface area (Å²) in [7, 11) is 1.59. The average Bonchev–Trinajstić information content (AvgIpc) is 3.37. The minimum absolute atomic E-state index is 0.0653. The number of rotatable bonds is 3. The third kappa shape index (κ3) is 3.14. The largest absolute Gasteiger partial charge is 0.497 e. The number of nitrogens with one attached hydrogen (secondary N) is 1. The maximum atomic E-state index is 12.9. The monoisotopic (exact) mass is 407 g/mol. The average molecular weight is 407 g/mol. The second-order valence-electron chi connectivity index (χ2n) is 7.54. The molecule has 0 saturated carbocycles. The van der Waals surface area contributed by atoms with Crippen molar-refractivity contribution in [1.82, 2.24) is 10.2 Å². The number of ether oxygens (including phenoxy) is 3. The molecule has 0 aromatic heterocycles. The number of aliphatic imine (C=N–C) groups is 1. The molecule has 1 fully saturated rings. The normalized spacial score (nSPS) is 18.9. The van der Waals surface area contributed by atoms with E-state index < -0.39 is 5.66 Å². The van der Waals surface area contributed by atoms with Crippen molar-refractivity contribution in [3.63, 3.8) is 0 Å². The Morgan fingerprint density at radius 2 is 1.93 bits per heavy atom. The topological polar surface area (TPSA) is 89.5 Å². The molecule has 1 saturated heterocycles. The fourth-order valence-corrected chi connectivity index (χ4v) is 4.06. The number of benzene rings is 2. The van der Waals surface area contributed by atoms with Gasteiger partial charge in [0, 0.05) is 37.1 Å². The van der Waals surface area contributed by atoms with Crippen LogP contribution in [0.15, 0.2) is 47.5 Å². The molecule has 3 aliphatic rings. The van der Waals surface area contributed by atoms with Gasteiger partial charge >= 0.3 is 0 Å². The van der Waals surface area contributed by atoms with Gasteiger partial charge in [0.05, 0.1) is 7.11 Å². The molecule has 3 heterocycles. The molecule has 30 heavy (non-hydrogen) atoms. The lowest BCUT2D eigenvalue weighted by atomic mass is 9.97. The number of fused-ring (bicyclic) bond motifs is 1. The zero-order valence-electron chi connectivity index (χ0n) is 16.5. The summed E-state index contributed by atoms with van der Waals surface area (Å²) in [4.78, 5) is 32.1. The molecule has 8 nitrogen and oxygen atoms in total. The molecule has 8 heteroatoms. The molecule has 0 bridgehead atoms. The summed E-state index contributed by atoms with van der Waals surface area (Å²) in [5.41, 5.74) is 1.03. The zero-order chi connectivity index (χ0) is 20.7. The molecule has 0 atom stereocenters. The van der Waals surface area contributed by atoms with Gasteiger partial charge in [-0.3, -0.25) is 14.6 Å². The third-order valence-electron chi connectivity index (χ3n) is 5.73. The second kappa shape index (κ2) is 7.05. The molecule has 2 aromatic carbocycles. The predicted molar refractivity (Wildman–Crippen MR) is 108 cm³/mol. The van der Waals surface area contributed by atoms with E-state index in [4.69, 9.17) is 19.2 Å². The van der Waals surface area contributed by atoms with Gasteiger partial charge in [-0.15, -0.1) is 0 Å². The molecular weight excluding hydrogens is 386 g/mol. The van der Waals surface area contributed by atoms with Gasteiger partial charge in [-0.1, -0.05) is 12.1 Å². The van der Waals surface area contributed by atoms with Crippen LogP contribution in [0, 0.1) is 0 Å². The van der Waals surface area contributed by atoms with Crippen LogP contribution >= 0.6 is 0 Å². The summed E-state index contributed by atoms with van der Waals surface area (Å²) < 4.78 is 15.9.